The molecule has 0 aliphatic carbocycles. The summed E-state index contributed by atoms with van der Waals surface area (Å²) in [5.41, 5.74) is 0.477. The van der Waals surface area contributed by atoms with E-state index in [0.717, 1.165) is 0 Å². The molecule has 1 heterocycles. The van der Waals surface area contributed by atoms with E-state index in [9.17, 15) is 14.4 Å². The normalized spacial score (nSPS) is 15.8. The van der Waals surface area contributed by atoms with Crippen LogP contribution in [-0.4, -0.2) is 55.4 Å². The Morgan fingerprint density at radius 3 is 2.17 bits per heavy atom. The number of carbonyl (C=O) groups excluding carboxylic acids is 3. The number of benzene rings is 1. The first-order chi connectivity index (χ1) is 14.2. The van der Waals surface area contributed by atoms with Crippen LogP contribution < -0.4 is 15.4 Å². The topological polar surface area (TPSA) is 87.7 Å². The quantitative estimate of drug-likeness (QED) is 0.680. The van der Waals surface area contributed by atoms with Gasteiger partial charge in [-0.1, -0.05) is 27.7 Å². The lowest BCUT2D eigenvalue weighted by Crippen LogP contribution is -2.54. The summed E-state index contributed by atoms with van der Waals surface area (Å²) in [7, 11) is 1.57. The van der Waals surface area contributed by atoms with Crippen LogP contribution in [-0.2, 0) is 9.59 Å². The predicted octanol–water partition coefficient (Wildman–Crippen LogP) is 2.46. The number of hydrogen-bond donors (Lipinski definition) is 2. The van der Waals surface area contributed by atoms with Crippen molar-refractivity contribution in [3.8, 4) is 5.75 Å². The number of hydrogen-bond acceptors (Lipinski definition) is 4. The Balaban J connectivity index is 2.09. The van der Waals surface area contributed by atoms with E-state index in [1.807, 2.05) is 32.6 Å². The SMILES string of the molecule is COc1ccc(C(=O)N[C@@H](C(=O)NCC(C)C)C2CCN(C(=O)C(C)C)CC2)cc1. The van der Waals surface area contributed by atoms with Gasteiger partial charge in [0.1, 0.15) is 11.8 Å². The largest absolute Gasteiger partial charge is 0.497 e. The maximum atomic E-state index is 12.9. The summed E-state index contributed by atoms with van der Waals surface area (Å²) in [5, 5.41) is 5.89. The average molecular weight is 418 g/mol. The minimum Gasteiger partial charge on any atom is -0.497 e. The van der Waals surface area contributed by atoms with Crippen molar-refractivity contribution in [3.63, 3.8) is 0 Å². The van der Waals surface area contributed by atoms with Crippen LogP contribution in [0.4, 0.5) is 0 Å². The standard InChI is InChI=1S/C23H35N3O4/c1-15(2)14-24-22(28)20(17-10-12-26(13-11-17)23(29)16(3)4)25-21(27)18-6-8-19(30-5)9-7-18/h6-9,15-17,20H,10-14H2,1-5H3,(H,24,28)(H,25,27)/t20-/m1/s1. The molecule has 1 atom stereocenters. The monoisotopic (exact) mass is 417 g/mol. The molecule has 3 amide bonds. The molecular weight excluding hydrogens is 382 g/mol. The molecule has 0 bridgehead atoms. The molecule has 1 fully saturated rings. The molecular formula is C23H35N3O4. The molecule has 1 aliphatic heterocycles. The average Bonchev–Trinajstić information content (AvgIpc) is 2.75. The fourth-order valence-electron chi connectivity index (χ4n) is 3.60. The maximum absolute atomic E-state index is 12.9. The van der Waals surface area contributed by atoms with E-state index in [0.29, 0.717) is 49.7 Å². The summed E-state index contributed by atoms with van der Waals surface area (Å²) in [5.74, 6) is 0.605. The van der Waals surface area contributed by atoms with Crippen LogP contribution in [0.25, 0.3) is 0 Å². The lowest BCUT2D eigenvalue weighted by molar-refractivity contribution is -0.136. The van der Waals surface area contributed by atoms with E-state index < -0.39 is 6.04 Å². The summed E-state index contributed by atoms with van der Waals surface area (Å²) in [6.07, 6.45) is 1.36. The van der Waals surface area contributed by atoms with Gasteiger partial charge in [0.05, 0.1) is 7.11 Å². The Bertz CT molecular complexity index is 722. The van der Waals surface area contributed by atoms with Gasteiger partial charge in [-0.05, 0) is 48.9 Å². The molecule has 1 aliphatic rings. The summed E-state index contributed by atoms with van der Waals surface area (Å²) in [6.45, 7) is 9.61. The number of amides is 3. The first kappa shape index (κ1) is 23.7. The van der Waals surface area contributed by atoms with Crippen LogP contribution in [0, 0.1) is 17.8 Å². The molecule has 7 nitrogen and oxygen atoms in total. The molecule has 0 unspecified atom stereocenters. The van der Waals surface area contributed by atoms with Crippen molar-refractivity contribution in [2.45, 2.75) is 46.6 Å². The smallest absolute Gasteiger partial charge is 0.251 e. The highest BCUT2D eigenvalue weighted by molar-refractivity contribution is 5.97. The minimum absolute atomic E-state index is 0.0180. The van der Waals surface area contributed by atoms with Gasteiger partial charge in [-0.3, -0.25) is 14.4 Å². The highest BCUT2D eigenvalue weighted by Crippen LogP contribution is 2.23. The molecule has 30 heavy (non-hydrogen) atoms. The predicted molar refractivity (Wildman–Crippen MR) is 116 cm³/mol. The lowest BCUT2D eigenvalue weighted by atomic mass is 9.88. The first-order valence-electron chi connectivity index (χ1n) is 10.7. The molecule has 0 spiro atoms. The van der Waals surface area contributed by atoms with Gasteiger partial charge in [-0.2, -0.15) is 0 Å². The second kappa shape index (κ2) is 11.0. The summed E-state index contributed by atoms with van der Waals surface area (Å²) < 4.78 is 5.14. The third-order valence-electron chi connectivity index (χ3n) is 5.42. The molecule has 0 radical (unpaired) electrons. The van der Waals surface area contributed by atoms with Crippen molar-refractivity contribution < 1.29 is 19.1 Å². The number of nitrogens with one attached hydrogen (secondary N) is 2. The zero-order chi connectivity index (χ0) is 22.3. The van der Waals surface area contributed by atoms with E-state index >= 15 is 0 Å². The van der Waals surface area contributed by atoms with Gasteiger partial charge < -0.3 is 20.3 Å². The molecule has 1 aromatic carbocycles. The van der Waals surface area contributed by atoms with Crippen molar-refractivity contribution in [1.29, 1.82) is 0 Å². The maximum Gasteiger partial charge on any atom is 0.251 e. The van der Waals surface area contributed by atoms with Crippen molar-refractivity contribution in [3.05, 3.63) is 29.8 Å². The van der Waals surface area contributed by atoms with E-state index in [1.165, 1.54) is 0 Å². The Labute approximate surface area is 179 Å². The van der Waals surface area contributed by atoms with Crippen molar-refractivity contribution >= 4 is 17.7 Å². The molecule has 7 heteroatoms. The Morgan fingerprint density at radius 2 is 1.67 bits per heavy atom. The molecule has 166 valence electrons. The van der Waals surface area contributed by atoms with Crippen LogP contribution in [0.1, 0.15) is 50.9 Å². The fourth-order valence-corrected chi connectivity index (χ4v) is 3.60. The zero-order valence-corrected chi connectivity index (χ0v) is 18.7. The Kier molecular flexibility index (Phi) is 8.69. The van der Waals surface area contributed by atoms with Gasteiger partial charge in [-0.15, -0.1) is 0 Å². The van der Waals surface area contributed by atoms with Gasteiger partial charge in [0.25, 0.3) is 5.91 Å². The molecule has 2 N–H and O–H groups in total. The van der Waals surface area contributed by atoms with Gasteiger partial charge in [0, 0.05) is 31.1 Å². The second-order valence-corrected chi connectivity index (χ2v) is 8.64. The van der Waals surface area contributed by atoms with Gasteiger partial charge in [-0.25, -0.2) is 0 Å². The van der Waals surface area contributed by atoms with Crippen LogP contribution in [0.15, 0.2) is 24.3 Å². The number of piperidine rings is 1. The molecule has 2 rings (SSSR count). The van der Waals surface area contributed by atoms with Crippen molar-refractivity contribution in [2.24, 2.45) is 17.8 Å². The highest BCUT2D eigenvalue weighted by Gasteiger charge is 2.34. The highest BCUT2D eigenvalue weighted by atomic mass is 16.5. The van der Waals surface area contributed by atoms with Gasteiger partial charge >= 0.3 is 0 Å². The minimum atomic E-state index is -0.630. The number of carbonyl (C=O) groups is 3. The van der Waals surface area contributed by atoms with Crippen molar-refractivity contribution in [1.82, 2.24) is 15.5 Å². The zero-order valence-electron chi connectivity index (χ0n) is 18.7. The number of nitrogens with zero attached hydrogens (tertiary/aromatic N) is 1. The first-order valence-corrected chi connectivity index (χ1v) is 10.7. The summed E-state index contributed by atoms with van der Waals surface area (Å²) >= 11 is 0. The third kappa shape index (κ3) is 6.47. The van der Waals surface area contributed by atoms with Crippen LogP contribution in [0.5, 0.6) is 5.75 Å². The summed E-state index contributed by atoms with van der Waals surface area (Å²) in [6, 6.07) is 6.18. The lowest BCUT2D eigenvalue weighted by Gasteiger charge is -2.36. The molecule has 0 aromatic heterocycles. The van der Waals surface area contributed by atoms with Gasteiger partial charge in [0.2, 0.25) is 11.8 Å². The fraction of sp³-hybridized carbons (Fsp3) is 0.609. The number of likely N-dealkylation sites (tertiary alicyclic amines) is 1. The molecule has 0 saturated carbocycles. The Morgan fingerprint density at radius 1 is 1.07 bits per heavy atom. The van der Waals surface area contributed by atoms with Gasteiger partial charge in [0.15, 0.2) is 0 Å². The van der Waals surface area contributed by atoms with E-state index in [2.05, 4.69) is 10.6 Å². The van der Waals surface area contributed by atoms with E-state index in [1.54, 1.807) is 31.4 Å². The van der Waals surface area contributed by atoms with Crippen LogP contribution in [0.3, 0.4) is 0 Å². The summed E-state index contributed by atoms with van der Waals surface area (Å²) in [4.78, 5) is 39.8. The molecule has 1 saturated heterocycles. The Hall–Kier alpha value is -2.57. The number of ether oxygens (including phenoxy) is 1. The van der Waals surface area contributed by atoms with Crippen molar-refractivity contribution in [2.75, 3.05) is 26.7 Å². The molecule has 1 aromatic rings. The van der Waals surface area contributed by atoms with Crippen LogP contribution >= 0.6 is 0 Å². The van der Waals surface area contributed by atoms with Crippen LogP contribution in [0.2, 0.25) is 0 Å². The van der Waals surface area contributed by atoms with E-state index in [4.69, 9.17) is 4.74 Å². The third-order valence-corrected chi connectivity index (χ3v) is 5.42. The van der Waals surface area contributed by atoms with E-state index in [-0.39, 0.29) is 29.6 Å². The number of methoxy groups -OCH3 is 1. The number of rotatable bonds is 8. The second-order valence-electron chi connectivity index (χ2n) is 8.64.